The summed E-state index contributed by atoms with van der Waals surface area (Å²) in [5, 5.41) is 3.22. The Bertz CT molecular complexity index is 2160. The molecule has 0 N–H and O–H groups in total. The number of para-hydroxylation sites is 1. The molecule has 0 amide bonds. The highest BCUT2D eigenvalue weighted by molar-refractivity contribution is 6.09. The maximum Gasteiger partial charge on any atom is 0.137 e. The highest BCUT2D eigenvalue weighted by Crippen LogP contribution is 2.35. The molecule has 37 heavy (non-hydrogen) atoms. The minimum Gasteiger partial charge on any atom is -0.298 e. The van der Waals surface area contributed by atoms with E-state index in [0.29, 0.717) is 0 Å². The van der Waals surface area contributed by atoms with Gasteiger partial charge in [-0.15, -0.1) is 0 Å². The van der Waals surface area contributed by atoms with Crippen molar-refractivity contribution in [2.75, 3.05) is 0 Å². The van der Waals surface area contributed by atoms with Crippen LogP contribution in [0, 0.1) is 0 Å². The number of hydrogen-bond donors (Lipinski definition) is 0. The van der Waals surface area contributed by atoms with Gasteiger partial charge in [-0.3, -0.25) is 9.38 Å². The minimum atomic E-state index is 0.905. The molecule has 0 atom stereocenters. The van der Waals surface area contributed by atoms with Crippen LogP contribution < -0.4 is 0 Å². The third kappa shape index (κ3) is 3.04. The number of pyridine rings is 4. The number of fused-ring (bicyclic) bond motifs is 8. The van der Waals surface area contributed by atoms with Gasteiger partial charge >= 0.3 is 0 Å². The summed E-state index contributed by atoms with van der Waals surface area (Å²) in [5.41, 5.74) is 9.50. The predicted octanol–water partition coefficient (Wildman–Crippen LogP) is 7.47. The lowest BCUT2D eigenvalue weighted by Crippen LogP contribution is -1.93. The molecule has 172 valence electrons. The first-order valence-electron chi connectivity index (χ1n) is 12.2. The number of aromatic nitrogens is 5. The van der Waals surface area contributed by atoms with E-state index in [2.05, 4.69) is 82.3 Å². The lowest BCUT2D eigenvalue weighted by Gasteiger charge is -2.10. The lowest BCUT2D eigenvalue weighted by molar-refractivity contribution is 1.22. The molecular weight excluding hydrogens is 454 g/mol. The van der Waals surface area contributed by atoms with Crippen LogP contribution in [0.3, 0.4) is 0 Å². The molecule has 5 nitrogen and oxygen atoms in total. The van der Waals surface area contributed by atoms with Gasteiger partial charge in [-0.1, -0.05) is 66.7 Å². The van der Waals surface area contributed by atoms with Gasteiger partial charge in [0.1, 0.15) is 11.2 Å². The Morgan fingerprint density at radius 3 is 2.38 bits per heavy atom. The van der Waals surface area contributed by atoms with Crippen LogP contribution in [0.15, 0.2) is 116 Å². The zero-order valence-electron chi connectivity index (χ0n) is 19.7. The van der Waals surface area contributed by atoms with Crippen LogP contribution in [0.5, 0.6) is 0 Å². The number of hydrogen-bond acceptors (Lipinski definition) is 4. The molecule has 5 heteroatoms. The largest absolute Gasteiger partial charge is 0.298 e. The van der Waals surface area contributed by atoms with Crippen LogP contribution >= 0.6 is 0 Å². The van der Waals surface area contributed by atoms with E-state index in [-0.39, 0.29) is 0 Å². The second kappa shape index (κ2) is 7.67. The van der Waals surface area contributed by atoms with Gasteiger partial charge in [0, 0.05) is 39.7 Å². The first-order valence-corrected chi connectivity index (χ1v) is 12.2. The van der Waals surface area contributed by atoms with E-state index in [0.717, 1.165) is 71.9 Å². The summed E-state index contributed by atoms with van der Waals surface area (Å²) < 4.78 is 2.13. The van der Waals surface area contributed by atoms with Gasteiger partial charge < -0.3 is 0 Å². The molecule has 0 saturated carbocycles. The summed E-state index contributed by atoms with van der Waals surface area (Å²) in [7, 11) is 0. The zero-order chi connectivity index (χ0) is 24.3. The average Bonchev–Trinajstić information content (AvgIpc) is 3.36. The molecule has 0 fully saturated rings. The van der Waals surface area contributed by atoms with Gasteiger partial charge in [-0.2, -0.15) is 0 Å². The van der Waals surface area contributed by atoms with Crippen LogP contribution in [0.2, 0.25) is 0 Å². The molecule has 0 aliphatic heterocycles. The number of benzene rings is 3. The minimum absolute atomic E-state index is 0.905. The molecule has 8 aromatic rings. The van der Waals surface area contributed by atoms with Gasteiger partial charge in [0.15, 0.2) is 0 Å². The van der Waals surface area contributed by atoms with E-state index in [1.165, 1.54) is 0 Å². The third-order valence-electron chi connectivity index (χ3n) is 7.01. The Kier molecular flexibility index (Phi) is 4.16. The van der Waals surface area contributed by atoms with Crippen molar-refractivity contribution in [2.45, 2.75) is 0 Å². The van der Waals surface area contributed by atoms with Crippen molar-refractivity contribution in [1.29, 1.82) is 0 Å². The summed E-state index contributed by atoms with van der Waals surface area (Å²) in [5.74, 6) is 0. The normalized spacial score (nSPS) is 11.8. The first-order chi connectivity index (χ1) is 18.3. The van der Waals surface area contributed by atoms with Crippen LogP contribution in [0.1, 0.15) is 0 Å². The van der Waals surface area contributed by atoms with Crippen LogP contribution in [0.4, 0.5) is 0 Å². The maximum atomic E-state index is 5.13. The third-order valence-corrected chi connectivity index (χ3v) is 7.01. The quantitative estimate of drug-likeness (QED) is 0.244. The molecule has 0 unspecified atom stereocenters. The topological polar surface area (TPSA) is 56.0 Å². The van der Waals surface area contributed by atoms with E-state index in [1.807, 2.05) is 42.6 Å². The molecule has 0 aliphatic carbocycles. The second-order valence-electron chi connectivity index (χ2n) is 9.21. The van der Waals surface area contributed by atoms with Crippen molar-refractivity contribution in [2.24, 2.45) is 0 Å². The number of rotatable bonds is 2. The summed E-state index contributed by atoms with van der Waals surface area (Å²) in [6.07, 6.45) is 3.88. The Morgan fingerprint density at radius 1 is 0.568 bits per heavy atom. The fraction of sp³-hybridized carbons (Fsp3) is 0. The van der Waals surface area contributed by atoms with Crippen molar-refractivity contribution < 1.29 is 0 Å². The molecule has 0 aliphatic rings. The zero-order valence-corrected chi connectivity index (χ0v) is 19.7. The van der Waals surface area contributed by atoms with Crippen molar-refractivity contribution in [1.82, 2.24) is 24.3 Å². The molecule has 0 spiro atoms. The lowest BCUT2D eigenvalue weighted by atomic mass is 10.0. The van der Waals surface area contributed by atoms with Crippen LogP contribution in [-0.2, 0) is 0 Å². The van der Waals surface area contributed by atoms with Crippen LogP contribution in [0.25, 0.3) is 71.9 Å². The van der Waals surface area contributed by atoms with Crippen molar-refractivity contribution in [3.05, 3.63) is 116 Å². The summed E-state index contributed by atoms with van der Waals surface area (Å²) in [6.45, 7) is 0. The predicted molar refractivity (Wildman–Crippen MR) is 149 cm³/mol. The van der Waals surface area contributed by atoms with Crippen LogP contribution in [-0.4, -0.2) is 24.3 Å². The smallest absolute Gasteiger partial charge is 0.137 e. The summed E-state index contributed by atoms with van der Waals surface area (Å²) in [6, 6.07) is 35.2. The molecule has 0 radical (unpaired) electrons. The Balaban J connectivity index is 1.38. The van der Waals surface area contributed by atoms with Gasteiger partial charge in [-0.05, 0) is 36.4 Å². The van der Waals surface area contributed by atoms with Crippen molar-refractivity contribution in [3.8, 4) is 22.5 Å². The Labute approximate surface area is 211 Å². The Hall–Kier alpha value is -5.16. The fourth-order valence-electron chi connectivity index (χ4n) is 5.27. The summed E-state index contributed by atoms with van der Waals surface area (Å²) in [4.78, 5) is 19.8. The van der Waals surface area contributed by atoms with E-state index in [1.54, 1.807) is 0 Å². The van der Waals surface area contributed by atoms with Gasteiger partial charge in [-0.25, -0.2) is 15.0 Å². The molecule has 8 rings (SSSR count). The standard InChI is InChI=1S/C32H19N5/c1-2-11-26-24(10-1)31-32(37-18-4-3-12-27(37)36-31)30(35-26)23-8-5-7-22(19-23)25-16-15-21-14-13-20-9-6-17-33-28(20)29(21)34-25/h1-19H. The summed E-state index contributed by atoms with van der Waals surface area (Å²) >= 11 is 0. The van der Waals surface area contributed by atoms with Gasteiger partial charge in [0.25, 0.3) is 0 Å². The SMILES string of the molecule is c1cc(-c2ccc3ccc4cccnc4c3n2)cc(-c2nc3ccccc3c3nc4ccccn4c23)c1. The van der Waals surface area contributed by atoms with Crippen molar-refractivity contribution in [3.63, 3.8) is 0 Å². The maximum absolute atomic E-state index is 5.13. The molecule has 0 saturated heterocycles. The fourth-order valence-corrected chi connectivity index (χ4v) is 5.27. The van der Waals surface area contributed by atoms with E-state index in [4.69, 9.17) is 15.0 Å². The number of imidazole rings is 1. The second-order valence-corrected chi connectivity index (χ2v) is 9.21. The number of nitrogens with zero attached hydrogens (tertiary/aromatic N) is 5. The van der Waals surface area contributed by atoms with Gasteiger partial charge in [0.05, 0.1) is 33.5 Å². The van der Waals surface area contributed by atoms with E-state index < -0.39 is 0 Å². The first kappa shape index (κ1) is 20.1. The molecule has 5 heterocycles. The average molecular weight is 474 g/mol. The molecule has 3 aromatic carbocycles. The van der Waals surface area contributed by atoms with Gasteiger partial charge in [0.2, 0.25) is 0 Å². The van der Waals surface area contributed by atoms with E-state index >= 15 is 0 Å². The van der Waals surface area contributed by atoms with Crippen molar-refractivity contribution >= 4 is 49.4 Å². The highest BCUT2D eigenvalue weighted by atomic mass is 15.0. The Morgan fingerprint density at radius 2 is 1.41 bits per heavy atom. The highest BCUT2D eigenvalue weighted by Gasteiger charge is 2.17. The molecule has 5 aromatic heterocycles. The monoisotopic (exact) mass is 473 g/mol. The molecule has 0 bridgehead atoms. The van der Waals surface area contributed by atoms with E-state index in [9.17, 15) is 0 Å². The molecular formula is C32H19N5.